The molecular formula is C41H69N2O6P. The van der Waals surface area contributed by atoms with Crippen molar-refractivity contribution in [2.75, 3.05) is 19.8 Å². The van der Waals surface area contributed by atoms with Crippen molar-refractivity contribution in [1.29, 1.82) is 0 Å². The zero-order valence-corrected chi connectivity index (χ0v) is 32.0. The quantitative estimate of drug-likeness (QED) is 0.0302. The third kappa shape index (κ3) is 33.9. The maximum atomic E-state index is 12.7. The van der Waals surface area contributed by atoms with Gasteiger partial charge in [0.1, 0.15) is 0 Å². The van der Waals surface area contributed by atoms with Gasteiger partial charge in [-0.25, -0.2) is 4.57 Å². The summed E-state index contributed by atoms with van der Waals surface area (Å²) in [6.07, 6.45) is 48.8. The summed E-state index contributed by atoms with van der Waals surface area (Å²) in [6.45, 7) is 3.87. The van der Waals surface area contributed by atoms with E-state index < -0.39 is 20.0 Å². The average molecular weight is 717 g/mol. The summed E-state index contributed by atoms with van der Waals surface area (Å²) in [7, 11) is -4.36. The predicted molar refractivity (Wildman–Crippen MR) is 212 cm³/mol. The van der Waals surface area contributed by atoms with Crippen LogP contribution in [0.4, 0.5) is 0 Å². The van der Waals surface area contributed by atoms with Crippen LogP contribution in [0.1, 0.15) is 123 Å². The first kappa shape index (κ1) is 47.4. The Labute approximate surface area is 304 Å². The number of nitrogens with one attached hydrogen (secondary N) is 1. The van der Waals surface area contributed by atoms with Crippen molar-refractivity contribution < 1.29 is 28.4 Å². The lowest BCUT2D eigenvalue weighted by Gasteiger charge is -2.23. The topological polar surface area (TPSA) is 131 Å². The number of allylic oxidation sites excluding steroid dienone is 15. The van der Waals surface area contributed by atoms with Crippen LogP contribution in [0, 0.1) is 0 Å². The van der Waals surface area contributed by atoms with Gasteiger partial charge in [-0.2, -0.15) is 0 Å². The molecule has 1 amide bonds. The Hall–Kier alpha value is -2.58. The van der Waals surface area contributed by atoms with Crippen LogP contribution in [0.3, 0.4) is 0 Å². The Morgan fingerprint density at radius 1 is 0.680 bits per heavy atom. The minimum atomic E-state index is -4.36. The van der Waals surface area contributed by atoms with Gasteiger partial charge in [0.25, 0.3) is 0 Å². The predicted octanol–water partition coefficient (Wildman–Crippen LogP) is 10.0. The largest absolute Gasteiger partial charge is 0.472 e. The molecule has 0 radical (unpaired) electrons. The molecule has 5 N–H and O–H groups in total. The molecule has 50 heavy (non-hydrogen) atoms. The van der Waals surface area contributed by atoms with E-state index in [4.69, 9.17) is 14.8 Å². The standard InChI is InChI=1S/C41H69N2O6P/c1-3-5-7-9-11-13-15-17-18-19-20-21-22-23-25-27-29-31-33-35-41(45)43-39(38-49-50(46,47)48-37-36-42)40(44)34-32-30-28-26-24-16-14-12-10-8-6-4-2/h5,7,10-13,17-18,20-21,23-26,32,34,39-40,44H,3-4,6,8-9,14-16,19,22,27-31,33,35-38,42H2,1-2H3,(H,43,45)(H,46,47)/b7-5-,12-10+,13-11-,18-17-,21-20-,25-23-,26-24+,34-32+. The summed E-state index contributed by atoms with van der Waals surface area (Å²) in [6, 6.07) is -0.906. The number of aliphatic hydroxyl groups excluding tert-OH is 1. The fraction of sp³-hybridized carbons (Fsp3) is 0.585. The monoisotopic (exact) mass is 716 g/mol. The van der Waals surface area contributed by atoms with E-state index in [9.17, 15) is 19.4 Å². The fourth-order valence-electron chi connectivity index (χ4n) is 4.53. The number of amides is 1. The summed E-state index contributed by atoms with van der Waals surface area (Å²) < 4.78 is 22.0. The maximum Gasteiger partial charge on any atom is 0.472 e. The summed E-state index contributed by atoms with van der Waals surface area (Å²) in [5, 5.41) is 13.5. The van der Waals surface area contributed by atoms with E-state index in [2.05, 4.69) is 104 Å². The molecule has 0 saturated heterocycles. The second kappa shape index (κ2) is 36.2. The van der Waals surface area contributed by atoms with Gasteiger partial charge in [0.15, 0.2) is 0 Å². The number of hydrogen-bond donors (Lipinski definition) is 4. The van der Waals surface area contributed by atoms with Crippen LogP contribution in [-0.2, 0) is 18.4 Å². The molecule has 0 aromatic rings. The number of phosphoric ester groups is 1. The normalized spacial score (nSPS) is 15.4. The van der Waals surface area contributed by atoms with Crippen LogP contribution in [0.15, 0.2) is 97.2 Å². The van der Waals surface area contributed by atoms with E-state index >= 15 is 0 Å². The van der Waals surface area contributed by atoms with Crippen molar-refractivity contribution in [3.8, 4) is 0 Å². The van der Waals surface area contributed by atoms with Gasteiger partial charge in [-0.1, -0.05) is 130 Å². The highest BCUT2D eigenvalue weighted by molar-refractivity contribution is 7.47. The van der Waals surface area contributed by atoms with Crippen molar-refractivity contribution in [3.63, 3.8) is 0 Å². The first-order chi connectivity index (χ1) is 24.4. The number of nitrogens with two attached hydrogens (primary N) is 1. The Morgan fingerprint density at radius 2 is 1.18 bits per heavy atom. The number of aliphatic hydroxyl groups is 1. The van der Waals surface area contributed by atoms with Gasteiger partial charge >= 0.3 is 7.82 Å². The second-order valence-electron chi connectivity index (χ2n) is 12.0. The molecule has 0 aliphatic heterocycles. The van der Waals surface area contributed by atoms with E-state index in [1.807, 2.05) is 6.08 Å². The van der Waals surface area contributed by atoms with E-state index in [1.165, 1.54) is 12.8 Å². The molecule has 0 saturated carbocycles. The lowest BCUT2D eigenvalue weighted by molar-refractivity contribution is -0.123. The van der Waals surface area contributed by atoms with Crippen LogP contribution in [0.2, 0.25) is 0 Å². The molecule has 0 aliphatic carbocycles. The minimum absolute atomic E-state index is 0.0601. The van der Waals surface area contributed by atoms with Gasteiger partial charge in [0.05, 0.1) is 25.4 Å². The molecule has 0 rings (SSSR count). The van der Waals surface area contributed by atoms with Crippen LogP contribution >= 0.6 is 7.82 Å². The Bertz CT molecular complexity index is 1090. The second-order valence-corrected chi connectivity index (χ2v) is 13.5. The fourth-order valence-corrected chi connectivity index (χ4v) is 5.29. The Balaban J connectivity index is 4.45. The number of carbonyl (C=O) groups excluding carboxylic acids is 1. The molecule has 284 valence electrons. The molecule has 8 nitrogen and oxygen atoms in total. The number of phosphoric acid groups is 1. The molecular weight excluding hydrogens is 647 g/mol. The van der Waals surface area contributed by atoms with Gasteiger partial charge in [-0.15, -0.1) is 0 Å². The molecule has 0 heterocycles. The summed E-state index contributed by atoms with van der Waals surface area (Å²) in [4.78, 5) is 22.6. The smallest absolute Gasteiger partial charge is 0.387 e. The molecule has 0 aromatic heterocycles. The molecule has 0 aromatic carbocycles. The summed E-state index contributed by atoms with van der Waals surface area (Å²) >= 11 is 0. The third-order valence-electron chi connectivity index (χ3n) is 7.37. The highest BCUT2D eigenvalue weighted by Crippen LogP contribution is 2.43. The van der Waals surface area contributed by atoms with Crippen molar-refractivity contribution >= 4 is 13.7 Å². The highest BCUT2D eigenvalue weighted by Gasteiger charge is 2.26. The van der Waals surface area contributed by atoms with E-state index in [1.54, 1.807) is 6.08 Å². The lowest BCUT2D eigenvalue weighted by Crippen LogP contribution is -2.45. The molecule has 0 fully saturated rings. The number of unbranched alkanes of at least 4 members (excludes halogenated alkanes) is 7. The maximum absolute atomic E-state index is 12.7. The van der Waals surface area contributed by atoms with Gasteiger partial charge in [-0.3, -0.25) is 13.8 Å². The molecule has 0 aliphatic rings. The number of carbonyl (C=O) groups is 1. The van der Waals surface area contributed by atoms with Gasteiger partial charge in [0.2, 0.25) is 5.91 Å². The van der Waals surface area contributed by atoms with Crippen molar-refractivity contribution in [2.45, 2.75) is 135 Å². The first-order valence-electron chi connectivity index (χ1n) is 18.9. The lowest BCUT2D eigenvalue weighted by atomic mass is 10.1. The van der Waals surface area contributed by atoms with E-state index in [-0.39, 0.29) is 32.1 Å². The van der Waals surface area contributed by atoms with Crippen LogP contribution in [0.5, 0.6) is 0 Å². The Kier molecular flexibility index (Phi) is 34.4. The van der Waals surface area contributed by atoms with Gasteiger partial charge < -0.3 is 21.1 Å². The van der Waals surface area contributed by atoms with Crippen LogP contribution < -0.4 is 11.1 Å². The zero-order chi connectivity index (χ0) is 36.8. The molecule has 0 bridgehead atoms. The molecule has 9 heteroatoms. The van der Waals surface area contributed by atoms with Crippen molar-refractivity contribution in [3.05, 3.63) is 97.2 Å². The van der Waals surface area contributed by atoms with Crippen molar-refractivity contribution in [2.24, 2.45) is 5.73 Å². The number of rotatable bonds is 33. The SMILES string of the molecule is CC/C=C\C/C=C\C/C=C\C/C=C\C/C=C\CCCCCC(=O)NC(COP(=O)(O)OCCN)C(O)/C=C/CC/C=C/CC/C=C/CCCC. The first-order valence-corrected chi connectivity index (χ1v) is 20.4. The minimum Gasteiger partial charge on any atom is -0.387 e. The van der Waals surface area contributed by atoms with Crippen molar-refractivity contribution in [1.82, 2.24) is 5.32 Å². The summed E-state index contributed by atoms with van der Waals surface area (Å²) in [5.41, 5.74) is 5.35. The molecule has 0 spiro atoms. The van der Waals surface area contributed by atoms with Gasteiger partial charge in [-0.05, 0) is 83.5 Å². The Morgan fingerprint density at radius 3 is 1.74 bits per heavy atom. The van der Waals surface area contributed by atoms with E-state index in [0.29, 0.717) is 6.42 Å². The van der Waals surface area contributed by atoms with Gasteiger partial charge in [0, 0.05) is 13.0 Å². The molecule has 3 unspecified atom stereocenters. The summed E-state index contributed by atoms with van der Waals surface area (Å²) in [5.74, 6) is -0.247. The zero-order valence-electron chi connectivity index (χ0n) is 31.1. The van der Waals surface area contributed by atoms with Crippen LogP contribution in [-0.4, -0.2) is 47.8 Å². The average Bonchev–Trinajstić information content (AvgIpc) is 3.10. The molecule has 3 atom stereocenters. The third-order valence-corrected chi connectivity index (χ3v) is 8.36. The van der Waals surface area contributed by atoms with Crippen LogP contribution in [0.25, 0.3) is 0 Å². The van der Waals surface area contributed by atoms with E-state index in [0.717, 1.165) is 83.5 Å². The number of hydrogen-bond acceptors (Lipinski definition) is 6. The highest BCUT2D eigenvalue weighted by atomic mass is 31.2.